The molecule has 2 aromatic heterocycles. The molecule has 3 amide bonds. The summed E-state index contributed by atoms with van der Waals surface area (Å²) in [6.45, 7) is 5.76. The van der Waals surface area contributed by atoms with Crippen molar-refractivity contribution in [3.63, 3.8) is 0 Å². The molecule has 5 N–H and O–H groups in total. The summed E-state index contributed by atoms with van der Waals surface area (Å²) in [5.41, 5.74) is 9.29. The Morgan fingerprint density at radius 1 is 1.00 bits per heavy atom. The Kier molecular flexibility index (Phi) is 8.04. The largest absolute Gasteiger partial charge is 0.480 e. The van der Waals surface area contributed by atoms with E-state index in [1.165, 1.54) is 0 Å². The minimum Gasteiger partial charge on any atom is -0.480 e. The Hall–Kier alpha value is -4.60. The molecule has 39 heavy (non-hydrogen) atoms. The van der Waals surface area contributed by atoms with Crippen molar-refractivity contribution in [1.82, 2.24) is 10.6 Å². The molecule has 2 aromatic carbocycles. The number of fused-ring (bicyclic) bond motifs is 2. The number of urea groups is 1. The Labute approximate surface area is 224 Å². The van der Waals surface area contributed by atoms with Gasteiger partial charge in [0.2, 0.25) is 5.91 Å². The van der Waals surface area contributed by atoms with Crippen molar-refractivity contribution in [1.29, 1.82) is 0 Å². The highest BCUT2D eigenvalue weighted by atomic mass is 16.4. The number of carbonyl (C=O) groups is 3. The van der Waals surface area contributed by atoms with E-state index < -0.39 is 29.6 Å². The van der Waals surface area contributed by atoms with Gasteiger partial charge in [0, 0.05) is 40.4 Å². The number of primary amides is 1. The maximum atomic E-state index is 12.9. The number of aliphatic carboxylic acids is 1. The number of aryl methyl sites for hydroxylation is 3. The van der Waals surface area contributed by atoms with Gasteiger partial charge in [-0.1, -0.05) is 30.3 Å². The van der Waals surface area contributed by atoms with Crippen LogP contribution in [-0.4, -0.2) is 35.6 Å². The minimum absolute atomic E-state index is 0.0819. The van der Waals surface area contributed by atoms with E-state index >= 15 is 0 Å². The minimum atomic E-state index is -1.19. The number of furan rings is 1. The standard InChI is InChI=1S/C29H31N3O7/c1-15-19(11-12-23(33)32-22(27(34)35)10-7-13-31-29(30)37)28(36)39-25-16(2)26-21(14-20(15)25)24(17(3)38-26)18-8-5-4-6-9-18/h4-6,8-9,14,22H,7,10-13H2,1-3H3,(H,32,33)(H,34,35)(H3,30,31,37). The number of carboxylic acid groups (broad SMARTS) is 1. The van der Waals surface area contributed by atoms with E-state index in [4.69, 9.17) is 14.6 Å². The summed E-state index contributed by atoms with van der Waals surface area (Å²) in [7, 11) is 0. The number of nitrogens with one attached hydrogen (secondary N) is 2. The van der Waals surface area contributed by atoms with Crippen LogP contribution in [0.15, 0.2) is 50.0 Å². The third kappa shape index (κ3) is 5.79. The molecule has 10 nitrogen and oxygen atoms in total. The van der Waals surface area contributed by atoms with Gasteiger partial charge in [-0.2, -0.15) is 0 Å². The fourth-order valence-electron chi connectivity index (χ4n) is 4.91. The first-order valence-corrected chi connectivity index (χ1v) is 12.7. The third-order valence-electron chi connectivity index (χ3n) is 6.90. The molecule has 4 rings (SSSR count). The first-order chi connectivity index (χ1) is 18.6. The average molecular weight is 534 g/mol. The molecular weight excluding hydrogens is 502 g/mol. The average Bonchev–Trinajstić information content (AvgIpc) is 3.23. The fourth-order valence-corrected chi connectivity index (χ4v) is 4.91. The highest BCUT2D eigenvalue weighted by molar-refractivity contribution is 6.05. The van der Waals surface area contributed by atoms with Gasteiger partial charge < -0.3 is 30.3 Å². The van der Waals surface area contributed by atoms with Gasteiger partial charge in [0.25, 0.3) is 0 Å². The topological polar surface area (TPSA) is 165 Å². The number of nitrogens with two attached hydrogens (primary N) is 1. The van der Waals surface area contributed by atoms with Crippen LogP contribution in [0, 0.1) is 20.8 Å². The molecule has 2 heterocycles. The summed E-state index contributed by atoms with van der Waals surface area (Å²) in [5, 5.41) is 16.0. The van der Waals surface area contributed by atoms with Crippen molar-refractivity contribution in [2.24, 2.45) is 5.73 Å². The molecule has 10 heteroatoms. The molecule has 0 aliphatic heterocycles. The van der Waals surface area contributed by atoms with Gasteiger partial charge >= 0.3 is 17.6 Å². The van der Waals surface area contributed by atoms with Crippen LogP contribution in [0.2, 0.25) is 0 Å². The van der Waals surface area contributed by atoms with Crippen molar-refractivity contribution in [3.05, 3.63) is 69.3 Å². The van der Waals surface area contributed by atoms with Gasteiger partial charge in [-0.15, -0.1) is 0 Å². The second-order valence-corrected chi connectivity index (χ2v) is 9.54. The lowest BCUT2D eigenvalue weighted by Crippen LogP contribution is -2.41. The van der Waals surface area contributed by atoms with Crippen LogP contribution >= 0.6 is 0 Å². The van der Waals surface area contributed by atoms with Crippen LogP contribution in [0.3, 0.4) is 0 Å². The number of carbonyl (C=O) groups excluding carboxylic acids is 2. The van der Waals surface area contributed by atoms with Gasteiger partial charge in [0.1, 0.15) is 23.0 Å². The SMILES string of the molecule is Cc1oc2c(C)c3oc(=O)c(CCC(=O)NC(CCCNC(N)=O)C(=O)O)c(C)c3cc2c1-c1ccccc1. The molecule has 4 aromatic rings. The lowest BCUT2D eigenvalue weighted by atomic mass is 9.96. The first kappa shape index (κ1) is 27.4. The molecule has 0 radical (unpaired) electrons. The maximum absolute atomic E-state index is 12.9. The van der Waals surface area contributed by atoms with Crippen molar-refractivity contribution in [3.8, 4) is 11.1 Å². The van der Waals surface area contributed by atoms with Crippen LogP contribution in [-0.2, 0) is 16.0 Å². The van der Waals surface area contributed by atoms with Crippen LogP contribution < -0.4 is 22.0 Å². The third-order valence-corrected chi connectivity index (χ3v) is 6.90. The highest BCUT2D eigenvalue weighted by Gasteiger charge is 2.23. The normalized spacial score (nSPS) is 12.0. The molecule has 0 aliphatic rings. The molecule has 0 aliphatic carbocycles. The van der Waals surface area contributed by atoms with Crippen LogP contribution in [0.5, 0.6) is 0 Å². The predicted molar refractivity (Wildman–Crippen MR) is 147 cm³/mol. The Morgan fingerprint density at radius 2 is 1.69 bits per heavy atom. The summed E-state index contributed by atoms with van der Waals surface area (Å²) in [6, 6.07) is 10.0. The number of carboxylic acids is 1. The van der Waals surface area contributed by atoms with E-state index in [1.54, 1.807) is 0 Å². The van der Waals surface area contributed by atoms with E-state index in [9.17, 15) is 24.3 Å². The Morgan fingerprint density at radius 3 is 2.36 bits per heavy atom. The Bertz CT molecular complexity index is 1620. The zero-order valence-electron chi connectivity index (χ0n) is 22.1. The van der Waals surface area contributed by atoms with E-state index in [1.807, 2.05) is 57.2 Å². The number of amides is 3. The number of hydrogen-bond donors (Lipinski definition) is 4. The van der Waals surface area contributed by atoms with Gasteiger partial charge in [-0.05, 0) is 57.2 Å². The summed E-state index contributed by atoms with van der Waals surface area (Å²) < 4.78 is 11.8. The van der Waals surface area contributed by atoms with Crippen molar-refractivity contribution < 1.29 is 28.3 Å². The van der Waals surface area contributed by atoms with E-state index in [2.05, 4.69) is 10.6 Å². The van der Waals surface area contributed by atoms with Gasteiger partial charge in [-0.25, -0.2) is 14.4 Å². The molecule has 0 saturated carbocycles. The predicted octanol–water partition coefficient (Wildman–Crippen LogP) is 4.08. The van der Waals surface area contributed by atoms with Gasteiger partial charge in [0.15, 0.2) is 0 Å². The molecule has 1 unspecified atom stereocenters. The molecular formula is C29H31N3O7. The zero-order valence-corrected chi connectivity index (χ0v) is 22.1. The molecule has 0 fully saturated rings. The van der Waals surface area contributed by atoms with Crippen molar-refractivity contribution in [2.45, 2.75) is 52.5 Å². The van der Waals surface area contributed by atoms with Gasteiger partial charge in [-0.3, -0.25) is 4.79 Å². The number of hydrogen-bond acceptors (Lipinski definition) is 6. The zero-order chi connectivity index (χ0) is 28.3. The van der Waals surface area contributed by atoms with Gasteiger partial charge in [0.05, 0.1) is 0 Å². The molecule has 1 atom stereocenters. The summed E-state index contributed by atoms with van der Waals surface area (Å²) in [4.78, 5) is 47.9. The molecule has 204 valence electrons. The van der Waals surface area contributed by atoms with E-state index in [0.29, 0.717) is 34.3 Å². The highest BCUT2D eigenvalue weighted by Crippen LogP contribution is 2.39. The summed E-state index contributed by atoms with van der Waals surface area (Å²) in [6.07, 6.45) is 0.418. The smallest absolute Gasteiger partial charge is 0.339 e. The monoisotopic (exact) mass is 533 g/mol. The van der Waals surface area contributed by atoms with E-state index in [-0.39, 0.29) is 25.8 Å². The summed E-state index contributed by atoms with van der Waals surface area (Å²) in [5.74, 6) is -0.939. The molecule has 0 bridgehead atoms. The van der Waals surface area contributed by atoms with Crippen LogP contribution in [0.4, 0.5) is 4.79 Å². The van der Waals surface area contributed by atoms with E-state index in [0.717, 1.165) is 27.7 Å². The Balaban J connectivity index is 1.60. The maximum Gasteiger partial charge on any atom is 0.339 e. The first-order valence-electron chi connectivity index (χ1n) is 12.7. The van der Waals surface area contributed by atoms with Crippen molar-refractivity contribution >= 4 is 39.8 Å². The number of benzene rings is 2. The second-order valence-electron chi connectivity index (χ2n) is 9.54. The quantitative estimate of drug-likeness (QED) is 0.176. The summed E-state index contributed by atoms with van der Waals surface area (Å²) >= 11 is 0. The lowest BCUT2D eigenvalue weighted by Gasteiger charge is -2.15. The number of rotatable bonds is 10. The van der Waals surface area contributed by atoms with Crippen LogP contribution in [0.1, 0.15) is 41.7 Å². The molecule has 0 saturated heterocycles. The lowest BCUT2D eigenvalue weighted by molar-refractivity contribution is -0.142. The fraction of sp³-hybridized carbons (Fsp3) is 0.310. The van der Waals surface area contributed by atoms with Crippen LogP contribution in [0.25, 0.3) is 33.1 Å². The second kappa shape index (κ2) is 11.4. The molecule has 0 spiro atoms. The van der Waals surface area contributed by atoms with Crippen molar-refractivity contribution in [2.75, 3.05) is 6.54 Å².